The molecule has 3 heterocycles. The summed E-state index contributed by atoms with van der Waals surface area (Å²) < 4.78 is 24.7. The van der Waals surface area contributed by atoms with Gasteiger partial charge in [-0.1, -0.05) is 5.16 Å². The number of nitrogens with one attached hydrogen (secondary N) is 2. The Kier molecular flexibility index (Phi) is 5.57. The quantitative estimate of drug-likeness (QED) is 0.443. The lowest BCUT2D eigenvalue weighted by molar-refractivity contribution is 0.376. The van der Waals surface area contributed by atoms with Crippen LogP contribution in [-0.4, -0.2) is 39.0 Å². The average Bonchev–Trinajstić information content (AvgIpc) is 3.41. The Labute approximate surface area is 166 Å². The van der Waals surface area contributed by atoms with E-state index in [1.54, 1.807) is 30.7 Å². The zero-order chi connectivity index (χ0) is 20.1. The molecule has 0 atom stereocenters. The van der Waals surface area contributed by atoms with Gasteiger partial charge in [-0.25, -0.2) is 4.39 Å². The molecule has 0 amide bonds. The summed E-state index contributed by atoms with van der Waals surface area (Å²) in [6.45, 7) is 1.13. The Morgan fingerprint density at radius 1 is 1.24 bits per heavy atom. The smallest absolute Gasteiger partial charge is 0.228 e. The van der Waals surface area contributed by atoms with Gasteiger partial charge in [-0.15, -0.1) is 0 Å². The highest BCUT2D eigenvalue weighted by atomic mass is 19.1. The Bertz CT molecular complexity index is 1080. The van der Waals surface area contributed by atoms with E-state index in [0.29, 0.717) is 48.2 Å². The first-order valence-electron chi connectivity index (χ1n) is 9.04. The summed E-state index contributed by atoms with van der Waals surface area (Å²) in [7, 11) is 1.50. The molecule has 0 radical (unpaired) electrons. The standard InChI is InChI=1S/C20H19FN6O2/c1-28-15-4-5-16(17(21)9-15)19-14(12-24-26-19)11-23-8-6-18-25-20(27-29-18)13-3-2-7-22-10-13/h2-5,7,9-10,12,23H,6,8,11H2,1H3,(H,24,26). The summed E-state index contributed by atoms with van der Waals surface area (Å²) in [5.41, 5.74) is 2.74. The van der Waals surface area contributed by atoms with Crippen LogP contribution in [0.2, 0.25) is 0 Å². The monoisotopic (exact) mass is 394 g/mol. The molecule has 8 nitrogen and oxygen atoms in total. The molecule has 0 saturated carbocycles. The van der Waals surface area contributed by atoms with Crippen molar-refractivity contribution in [2.24, 2.45) is 0 Å². The molecule has 0 fully saturated rings. The maximum Gasteiger partial charge on any atom is 0.228 e. The van der Waals surface area contributed by atoms with Crippen LogP contribution in [0.3, 0.4) is 0 Å². The van der Waals surface area contributed by atoms with Gasteiger partial charge in [-0.05, 0) is 24.3 Å². The van der Waals surface area contributed by atoms with Crippen molar-refractivity contribution in [3.8, 4) is 28.4 Å². The minimum atomic E-state index is -0.372. The number of hydrogen-bond donors (Lipinski definition) is 2. The highest BCUT2D eigenvalue weighted by Crippen LogP contribution is 2.27. The summed E-state index contributed by atoms with van der Waals surface area (Å²) >= 11 is 0. The van der Waals surface area contributed by atoms with Crippen molar-refractivity contribution in [2.75, 3.05) is 13.7 Å². The lowest BCUT2D eigenvalue weighted by Crippen LogP contribution is -2.17. The summed E-state index contributed by atoms with van der Waals surface area (Å²) in [5.74, 6) is 1.14. The molecule has 0 unspecified atom stereocenters. The molecule has 4 aromatic rings. The summed E-state index contributed by atoms with van der Waals surface area (Å²) in [6.07, 6.45) is 5.62. The van der Waals surface area contributed by atoms with Gasteiger partial charge in [0.15, 0.2) is 0 Å². The van der Waals surface area contributed by atoms with Crippen LogP contribution >= 0.6 is 0 Å². The third kappa shape index (κ3) is 4.30. The predicted molar refractivity (Wildman–Crippen MR) is 103 cm³/mol. The summed E-state index contributed by atoms with van der Waals surface area (Å²) in [6, 6.07) is 8.43. The van der Waals surface area contributed by atoms with Crippen LogP contribution in [0.4, 0.5) is 4.39 Å². The van der Waals surface area contributed by atoms with Gasteiger partial charge in [0.1, 0.15) is 11.6 Å². The van der Waals surface area contributed by atoms with Crippen LogP contribution in [0, 0.1) is 5.82 Å². The topological polar surface area (TPSA) is 102 Å². The van der Waals surface area contributed by atoms with E-state index in [2.05, 4.69) is 30.6 Å². The van der Waals surface area contributed by atoms with Crippen molar-refractivity contribution >= 4 is 0 Å². The fourth-order valence-electron chi connectivity index (χ4n) is 2.89. The number of aromatic nitrogens is 5. The molecule has 0 bridgehead atoms. The number of methoxy groups -OCH3 is 1. The van der Waals surface area contributed by atoms with Gasteiger partial charge in [0.2, 0.25) is 11.7 Å². The van der Waals surface area contributed by atoms with E-state index in [0.717, 1.165) is 11.1 Å². The normalized spacial score (nSPS) is 11.0. The first kappa shape index (κ1) is 18.8. The second kappa shape index (κ2) is 8.61. The van der Waals surface area contributed by atoms with Gasteiger partial charge in [-0.3, -0.25) is 10.1 Å². The van der Waals surface area contributed by atoms with Crippen molar-refractivity contribution in [2.45, 2.75) is 13.0 Å². The molecular formula is C20H19FN6O2. The number of halogens is 1. The van der Waals surface area contributed by atoms with Crippen molar-refractivity contribution in [1.82, 2.24) is 30.6 Å². The minimum absolute atomic E-state index is 0.372. The van der Waals surface area contributed by atoms with E-state index in [1.165, 1.54) is 13.2 Å². The molecule has 0 saturated heterocycles. The van der Waals surface area contributed by atoms with Crippen LogP contribution in [0.25, 0.3) is 22.6 Å². The van der Waals surface area contributed by atoms with E-state index in [1.807, 2.05) is 12.1 Å². The number of rotatable bonds is 8. The van der Waals surface area contributed by atoms with E-state index in [4.69, 9.17) is 9.26 Å². The van der Waals surface area contributed by atoms with Crippen LogP contribution in [0.15, 0.2) is 53.4 Å². The number of ether oxygens (including phenoxy) is 1. The predicted octanol–water partition coefficient (Wildman–Crippen LogP) is 3.00. The molecule has 148 valence electrons. The van der Waals surface area contributed by atoms with Crippen LogP contribution in [0.1, 0.15) is 11.5 Å². The number of pyridine rings is 1. The number of aromatic amines is 1. The largest absolute Gasteiger partial charge is 0.497 e. The lowest BCUT2D eigenvalue weighted by atomic mass is 10.1. The molecule has 0 aliphatic carbocycles. The molecule has 29 heavy (non-hydrogen) atoms. The van der Waals surface area contributed by atoms with E-state index >= 15 is 0 Å². The van der Waals surface area contributed by atoms with Crippen LogP contribution in [0.5, 0.6) is 5.75 Å². The third-order valence-electron chi connectivity index (χ3n) is 4.38. The van der Waals surface area contributed by atoms with E-state index < -0.39 is 0 Å². The maximum absolute atomic E-state index is 14.4. The maximum atomic E-state index is 14.4. The zero-order valence-electron chi connectivity index (χ0n) is 15.7. The first-order chi connectivity index (χ1) is 14.2. The lowest BCUT2D eigenvalue weighted by Gasteiger charge is -2.07. The van der Waals surface area contributed by atoms with E-state index in [-0.39, 0.29) is 5.82 Å². The number of benzene rings is 1. The first-order valence-corrected chi connectivity index (χ1v) is 9.04. The molecule has 4 rings (SSSR count). The summed E-state index contributed by atoms with van der Waals surface area (Å²) in [5, 5.41) is 14.2. The molecule has 9 heteroatoms. The Morgan fingerprint density at radius 3 is 2.97 bits per heavy atom. The Hall–Kier alpha value is -3.59. The van der Waals surface area contributed by atoms with Gasteiger partial charge in [0.05, 0.1) is 19.0 Å². The molecule has 0 aliphatic rings. The van der Waals surface area contributed by atoms with Crippen molar-refractivity contribution < 1.29 is 13.7 Å². The van der Waals surface area contributed by atoms with Gasteiger partial charge >= 0.3 is 0 Å². The molecular weight excluding hydrogens is 375 g/mol. The zero-order valence-corrected chi connectivity index (χ0v) is 15.7. The molecule has 2 N–H and O–H groups in total. The second-order valence-corrected chi connectivity index (χ2v) is 6.30. The molecule has 0 spiro atoms. The Balaban J connectivity index is 1.34. The Morgan fingerprint density at radius 2 is 2.17 bits per heavy atom. The van der Waals surface area contributed by atoms with Crippen molar-refractivity contribution in [3.63, 3.8) is 0 Å². The molecule has 0 aliphatic heterocycles. The fraction of sp³-hybridized carbons (Fsp3) is 0.200. The van der Waals surface area contributed by atoms with Crippen molar-refractivity contribution in [3.05, 3.63) is 66.2 Å². The summed E-state index contributed by atoms with van der Waals surface area (Å²) in [4.78, 5) is 8.42. The van der Waals surface area contributed by atoms with Crippen LogP contribution in [-0.2, 0) is 13.0 Å². The number of nitrogens with zero attached hydrogens (tertiary/aromatic N) is 4. The second-order valence-electron chi connectivity index (χ2n) is 6.30. The SMILES string of the molecule is COc1ccc(-c2[nH]ncc2CNCCc2nc(-c3cccnc3)no2)c(F)c1. The van der Waals surface area contributed by atoms with Crippen LogP contribution < -0.4 is 10.1 Å². The highest BCUT2D eigenvalue weighted by Gasteiger charge is 2.13. The van der Waals surface area contributed by atoms with Gasteiger partial charge in [-0.2, -0.15) is 10.1 Å². The molecule has 1 aromatic carbocycles. The van der Waals surface area contributed by atoms with E-state index in [9.17, 15) is 4.39 Å². The average molecular weight is 394 g/mol. The fourth-order valence-corrected chi connectivity index (χ4v) is 2.89. The number of H-pyrrole nitrogens is 1. The van der Waals surface area contributed by atoms with Gasteiger partial charge in [0.25, 0.3) is 0 Å². The third-order valence-corrected chi connectivity index (χ3v) is 4.38. The van der Waals surface area contributed by atoms with Crippen molar-refractivity contribution in [1.29, 1.82) is 0 Å². The highest BCUT2D eigenvalue weighted by molar-refractivity contribution is 5.64. The van der Waals surface area contributed by atoms with Gasteiger partial charge in [0, 0.05) is 54.7 Å². The minimum Gasteiger partial charge on any atom is -0.497 e. The molecule has 3 aromatic heterocycles. The van der Waals surface area contributed by atoms with Gasteiger partial charge < -0.3 is 14.6 Å². The number of hydrogen-bond acceptors (Lipinski definition) is 7.